The van der Waals surface area contributed by atoms with Crippen molar-refractivity contribution in [1.82, 2.24) is 4.98 Å². The second-order valence-corrected chi connectivity index (χ2v) is 8.17. The first-order valence-corrected chi connectivity index (χ1v) is 10.3. The Labute approximate surface area is 150 Å². The van der Waals surface area contributed by atoms with Crippen LogP contribution in [-0.2, 0) is 10.0 Å². The predicted molar refractivity (Wildman–Crippen MR) is 102 cm³/mol. The molecule has 0 aliphatic carbocycles. The molecule has 1 N–H and O–H groups in total. The maximum absolute atomic E-state index is 12.5. The van der Waals surface area contributed by atoms with Crippen LogP contribution in [0.5, 0.6) is 0 Å². The van der Waals surface area contributed by atoms with E-state index < -0.39 is 10.0 Å². The fourth-order valence-corrected chi connectivity index (χ4v) is 4.69. The Morgan fingerprint density at radius 1 is 1.20 bits per heavy atom. The lowest BCUT2D eigenvalue weighted by Gasteiger charge is -2.37. The summed E-state index contributed by atoms with van der Waals surface area (Å²) in [6.45, 7) is 5.03. The third-order valence-electron chi connectivity index (χ3n) is 4.80. The zero-order valence-corrected chi connectivity index (χ0v) is 15.6. The molecular formula is C19H25N3O2S. The van der Waals surface area contributed by atoms with Crippen molar-refractivity contribution in [2.45, 2.75) is 50.5 Å². The highest BCUT2D eigenvalue weighted by Crippen LogP contribution is 2.27. The van der Waals surface area contributed by atoms with Crippen LogP contribution in [0.15, 0.2) is 47.5 Å². The monoisotopic (exact) mass is 359 g/mol. The molecule has 6 heteroatoms. The molecule has 0 radical (unpaired) electrons. The Balaban J connectivity index is 1.78. The van der Waals surface area contributed by atoms with Crippen molar-refractivity contribution in [2.24, 2.45) is 0 Å². The van der Waals surface area contributed by atoms with Crippen molar-refractivity contribution < 1.29 is 8.42 Å². The van der Waals surface area contributed by atoms with E-state index in [1.807, 2.05) is 12.1 Å². The normalized spacial score (nSPS) is 18.2. The molecule has 0 bridgehead atoms. The van der Waals surface area contributed by atoms with Gasteiger partial charge in [0.2, 0.25) is 0 Å². The van der Waals surface area contributed by atoms with Crippen LogP contribution in [0.2, 0.25) is 0 Å². The summed E-state index contributed by atoms with van der Waals surface area (Å²) in [5.74, 6) is 0.345. The predicted octanol–water partition coefficient (Wildman–Crippen LogP) is 3.96. The van der Waals surface area contributed by atoms with Gasteiger partial charge in [0.15, 0.2) is 0 Å². The van der Waals surface area contributed by atoms with E-state index in [0.29, 0.717) is 17.4 Å². The van der Waals surface area contributed by atoms with E-state index in [0.717, 1.165) is 18.7 Å². The lowest BCUT2D eigenvalue weighted by Crippen LogP contribution is -2.39. The summed E-state index contributed by atoms with van der Waals surface area (Å²) in [5, 5.41) is 0. The largest absolute Gasteiger partial charge is 0.367 e. The number of hydrogen-bond acceptors (Lipinski definition) is 4. The molecule has 1 atom stereocenters. The highest BCUT2D eigenvalue weighted by Gasteiger charge is 2.22. The molecule has 1 aliphatic heterocycles. The van der Waals surface area contributed by atoms with Gasteiger partial charge in [0.1, 0.15) is 5.82 Å². The molecular weight excluding hydrogens is 334 g/mol. The summed E-state index contributed by atoms with van der Waals surface area (Å²) in [5.41, 5.74) is 1.77. The van der Waals surface area contributed by atoms with E-state index in [1.54, 1.807) is 37.4 Å². The van der Waals surface area contributed by atoms with E-state index in [2.05, 4.69) is 21.5 Å². The number of sulfonamides is 1. The van der Waals surface area contributed by atoms with Gasteiger partial charge in [0.05, 0.1) is 16.8 Å². The molecule has 134 valence electrons. The highest BCUT2D eigenvalue weighted by atomic mass is 32.2. The molecule has 1 aromatic heterocycles. The fraction of sp³-hybridized carbons (Fsp3) is 0.421. The van der Waals surface area contributed by atoms with E-state index in [1.165, 1.54) is 19.3 Å². The summed E-state index contributed by atoms with van der Waals surface area (Å²) >= 11 is 0. The molecule has 2 heterocycles. The van der Waals surface area contributed by atoms with E-state index in [-0.39, 0.29) is 4.90 Å². The van der Waals surface area contributed by atoms with Crippen molar-refractivity contribution >= 4 is 21.5 Å². The first-order valence-electron chi connectivity index (χ1n) is 8.82. The topological polar surface area (TPSA) is 62.3 Å². The van der Waals surface area contributed by atoms with Crippen molar-refractivity contribution in [1.29, 1.82) is 0 Å². The zero-order chi connectivity index (χ0) is 17.9. The van der Waals surface area contributed by atoms with Gasteiger partial charge in [0, 0.05) is 12.6 Å². The number of hydrogen-bond donors (Lipinski definition) is 1. The van der Waals surface area contributed by atoms with Crippen LogP contribution >= 0.6 is 0 Å². The van der Waals surface area contributed by atoms with Crippen LogP contribution in [0.4, 0.5) is 11.5 Å². The summed E-state index contributed by atoms with van der Waals surface area (Å²) in [6, 6.07) is 11.2. The van der Waals surface area contributed by atoms with E-state index in [9.17, 15) is 8.42 Å². The van der Waals surface area contributed by atoms with Crippen LogP contribution in [0.3, 0.4) is 0 Å². The second kappa shape index (κ2) is 7.44. The Kier molecular flexibility index (Phi) is 5.27. The minimum atomic E-state index is -3.62. The van der Waals surface area contributed by atoms with Gasteiger partial charge < -0.3 is 4.90 Å². The number of benzene rings is 1. The molecule has 25 heavy (non-hydrogen) atoms. The maximum Gasteiger partial charge on any atom is 0.263 e. The average molecular weight is 359 g/mol. The second-order valence-electron chi connectivity index (χ2n) is 6.52. The van der Waals surface area contributed by atoms with Gasteiger partial charge >= 0.3 is 0 Å². The summed E-state index contributed by atoms with van der Waals surface area (Å²) in [7, 11) is -3.62. The molecule has 0 saturated carbocycles. The third-order valence-corrected chi connectivity index (χ3v) is 6.31. The van der Waals surface area contributed by atoms with Crippen LogP contribution in [0, 0.1) is 6.92 Å². The first-order chi connectivity index (χ1) is 12.0. The number of nitrogens with one attached hydrogen (secondary N) is 1. The molecule has 2 aromatic rings. The Morgan fingerprint density at radius 3 is 2.68 bits per heavy atom. The van der Waals surface area contributed by atoms with Crippen LogP contribution in [-0.4, -0.2) is 26.0 Å². The van der Waals surface area contributed by atoms with Crippen molar-refractivity contribution in [3.05, 3.63) is 48.2 Å². The van der Waals surface area contributed by atoms with Crippen LogP contribution in [0.1, 0.15) is 38.2 Å². The molecule has 1 fully saturated rings. The van der Waals surface area contributed by atoms with Gasteiger partial charge in [-0.05, 0) is 56.4 Å². The minimum absolute atomic E-state index is 0.281. The standard InChI is InChI=1S/C19H25N3O2S/c1-3-16-9-6-7-13-22(16)17-11-12-19(20-14-17)21-25(23,24)18-10-5-4-8-15(18)2/h4-5,8,10-12,14,16H,3,6-7,9,13H2,1-2H3,(H,20,21). The summed E-state index contributed by atoms with van der Waals surface area (Å²) in [4.78, 5) is 7.00. The molecule has 0 amide bonds. The molecule has 5 nitrogen and oxygen atoms in total. The summed E-state index contributed by atoms with van der Waals surface area (Å²) in [6.07, 6.45) is 6.55. The maximum atomic E-state index is 12.5. The number of pyridine rings is 1. The molecule has 1 unspecified atom stereocenters. The number of aromatic nitrogens is 1. The first kappa shape index (κ1) is 17.7. The smallest absolute Gasteiger partial charge is 0.263 e. The number of nitrogens with zero attached hydrogens (tertiary/aromatic N) is 2. The zero-order valence-electron chi connectivity index (χ0n) is 14.8. The van der Waals surface area contributed by atoms with Crippen molar-refractivity contribution in [3.8, 4) is 0 Å². The number of anilines is 2. The highest BCUT2D eigenvalue weighted by molar-refractivity contribution is 7.92. The molecule has 0 spiro atoms. The van der Waals surface area contributed by atoms with E-state index in [4.69, 9.17) is 0 Å². The van der Waals surface area contributed by atoms with Crippen molar-refractivity contribution in [3.63, 3.8) is 0 Å². The molecule has 1 aliphatic rings. The molecule has 1 aromatic carbocycles. The summed E-state index contributed by atoms with van der Waals surface area (Å²) < 4.78 is 27.7. The number of piperidine rings is 1. The van der Waals surface area contributed by atoms with Crippen molar-refractivity contribution in [2.75, 3.05) is 16.2 Å². The third kappa shape index (κ3) is 3.95. The van der Waals surface area contributed by atoms with Gasteiger partial charge in [-0.2, -0.15) is 0 Å². The Hall–Kier alpha value is -2.08. The van der Waals surface area contributed by atoms with Crippen LogP contribution in [0.25, 0.3) is 0 Å². The molecule has 3 rings (SSSR count). The van der Waals surface area contributed by atoms with E-state index >= 15 is 0 Å². The lowest BCUT2D eigenvalue weighted by atomic mass is 9.99. The van der Waals surface area contributed by atoms with Gasteiger partial charge in [0.25, 0.3) is 10.0 Å². The quantitative estimate of drug-likeness (QED) is 0.878. The fourth-order valence-electron chi connectivity index (χ4n) is 3.43. The molecule has 1 saturated heterocycles. The number of rotatable bonds is 5. The van der Waals surface area contributed by atoms with Crippen LogP contribution < -0.4 is 9.62 Å². The number of aryl methyl sites for hydroxylation is 1. The van der Waals surface area contributed by atoms with Gasteiger partial charge in [-0.3, -0.25) is 4.72 Å². The lowest BCUT2D eigenvalue weighted by molar-refractivity contribution is 0.449. The van der Waals surface area contributed by atoms with Gasteiger partial charge in [-0.1, -0.05) is 25.1 Å². The van der Waals surface area contributed by atoms with Gasteiger partial charge in [-0.15, -0.1) is 0 Å². The minimum Gasteiger partial charge on any atom is -0.367 e. The van der Waals surface area contributed by atoms with Gasteiger partial charge in [-0.25, -0.2) is 13.4 Å². The SMILES string of the molecule is CCC1CCCCN1c1ccc(NS(=O)(=O)c2ccccc2C)nc1. The Bertz CT molecular complexity index is 819. The average Bonchev–Trinajstić information content (AvgIpc) is 2.62. The Morgan fingerprint density at radius 2 is 2.00 bits per heavy atom.